The van der Waals surface area contributed by atoms with Gasteiger partial charge in [0, 0.05) is 23.4 Å². The highest BCUT2D eigenvalue weighted by atomic mass is 16.2. The van der Waals surface area contributed by atoms with Crippen LogP contribution in [0.3, 0.4) is 0 Å². The topological polar surface area (TPSA) is 63.4 Å². The molecule has 0 saturated heterocycles. The van der Waals surface area contributed by atoms with Gasteiger partial charge in [0.15, 0.2) is 0 Å². The zero-order valence-electron chi connectivity index (χ0n) is 12.8. The Morgan fingerprint density at radius 3 is 2.21 bits per heavy atom. The van der Waals surface area contributed by atoms with Crippen molar-refractivity contribution in [1.82, 2.24) is 0 Å². The van der Waals surface area contributed by atoms with Crippen molar-refractivity contribution in [3.05, 3.63) is 72.8 Å². The predicted molar refractivity (Wildman–Crippen MR) is 95.4 cm³/mol. The molecule has 0 bridgehead atoms. The molecule has 4 heteroatoms. The number of amides is 2. The molecule has 116 valence electrons. The summed E-state index contributed by atoms with van der Waals surface area (Å²) in [6, 6.07) is 19.4. The fourth-order valence-electron chi connectivity index (χ4n) is 3.05. The van der Waals surface area contributed by atoms with Crippen LogP contribution in [-0.4, -0.2) is 11.8 Å². The molecule has 1 aliphatic heterocycles. The van der Waals surface area contributed by atoms with Crippen molar-refractivity contribution in [1.29, 1.82) is 0 Å². The lowest BCUT2D eigenvalue weighted by Gasteiger charge is -2.16. The normalized spacial score (nSPS) is 13.9. The van der Waals surface area contributed by atoms with Crippen LogP contribution in [0.2, 0.25) is 0 Å². The van der Waals surface area contributed by atoms with E-state index in [4.69, 9.17) is 5.73 Å². The summed E-state index contributed by atoms with van der Waals surface area (Å²) in [4.78, 5) is 24.7. The molecule has 2 amide bonds. The smallest absolute Gasteiger partial charge is 0.258 e. The third-order valence-corrected chi connectivity index (χ3v) is 4.18. The fraction of sp³-hybridized carbons (Fsp3) is 0. The first kappa shape index (κ1) is 14.2. The molecular weight excluding hydrogens is 300 g/mol. The van der Waals surface area contributed by atoms with Gasteiger partial charge in [-0.25, -0.2) is 4.90 Å². The second-order valence-electron chi connectivity index (χ2n) is 5.64. The van der Waals surface area contributed by atoms with Gasteiger partial charge in [-0.05, 0) is 28.5 Å². The summed E-state index contributed by atoms with van der Waals surface area (Å²) < 4.78 is 0. The molecule has 24 heavy (non-hydrogen) atoms. The fourth-order valence-corrected chi connectivity index (χ4v) is 3.05. The number of fused-ring (bicyclic) bond motifs is 1. The predicted octanol–water partition coefficient (Wildman–Crippen LogP) is 3.52. The van der Waals surface area contributed by atoms with E-state index < -0.39 is 0 Å². The first-order valence-electron chi connectivity index (χ1n) is 7.59. The summed E-state index contributed by atoms with van der Waals surface area (Å²) in [5, 5.41) is 2.24. The van der Waals surface area contributed by atoms with Crippen LogP contribution in [0, 0.1) is 0 Å². The summed E-state index contributed by atoms with van der Waals surface area (Å²) in [6.45, 7) is 0. The monoisotopic (exact) mass is 314 g/mol. The molecule has 2 N–H and O–H groups in total. The van der Waals surface area contributed by atoms with Crippen LogP contribution in [0.25, 0.3) is 21.9 Å². The molecule has 0 aliphatic carbocycles. The summed E-state index contributed by atoms with van der Waals surface area (Å²) in [6.07, 6.45) is 2.52. The number of hydrogen-bond acceptors (Lipinski definition) is 3. The van der Waals surface area contributed by atoms with E-state index >= 15 is 0 Å². The zero-order valence-corrected chi connectivity index (χ0v) is 12.8. The number of rotatable bonds is 2. The number of nitrogens with zero attached hydrogens (tertiary/aromatic N) is 1. The van der Waals surface area contributed by atoms with Crippen molar-refractivity contribution in [3.63, 3.8) is 0 Å². The van der Waals surface area contributed by atoms with Crippen molar-refractivity contribution < 1.29 is 9.59 Å². The van der Waals surface area contributed by atoms with Gasteiger partial charge in [0.05, 0.1) is 5.69 Å². The number of carbonyl (C=O) groups is 2. The minimum atomic E-state index is -0.350. The first-order valence-corrected chi connectivity index (χ1v) is 7.59. The number of imide groups is 1. The molecule has 4 nitrogen and oxygen atoms in total. The van der Waals surface area contributed by atoms with E-state index in [2.05, 4.69) is 18.2 Å². The van der Waals surface area contributed by atoms with Gasteiger partial charge in [0.25, 0.3) is 11.8 Å². The lowest BCUT2D eigenvalue weighted by molar-refractivity contribution is -0.119. The number of nitrogens with two attached hydrogens (primary N) is 1. The molecule has 0 spiro atoms. The molecule has 0 fully saturated rings. The zero-order chi connectivity index (χ0) is 16.7. The lowest BCUT2D eigenvalue weighted by Crippen LogP contribution is -2.29. The highest BCUT2D eigenvalue weighted by Gasteiger charge is 2.25. The van der Waals surface area contributed by atoms with Crippen molar-refractivity contribution in [2.45, 2.75) is 0 Å². The van der Waals surface area contributed by atoms with Gasteiger partial charge >= 0.3 is 0 Å². The van der Waals surface area contributed by atoms with Gasteiger partial charge < -0.3 is 5.73 Å². The third-order valence-electron chi connectivity index (χ3n) is 4.18. The van der Waals surface area contributed by atoms with E-state index in [9.17, 15) is 9.59 Å². The van der Waals surface area contributed by atoms with Gasteiger partial charge in [-0.2, -0.15) is 0 Å². The van der Waals surface area contributed by atoms with E-state index in [1.165, 1.54) is 12.2 Å². The maximum absolute atomic E-state index is 11.8. The Morgan fingerprint density at radius 2 is 1.46 bits per heavy atom. The van der Waals surface area contributed by atoms with Gasteiger partial charge in [-0.3, -0.25) is 9.59 Å². The largest absolute Gasteiger partial charge is 0.398 e. The highest BCUT2D eigenvalue weighted by molar-refractivity contribution is 6.28. The molecule has 0 aromatic heterocycles. The van der Waals surface area contributed by atoms with E-state index in [-0.39, 0.29) is 11.8 Å². The average Bonchev–Trinajstić information content (AvgIpc) is 2.93. The van der Waals surface area contributed by atoms with Crippen LogP contribution >= 0.6 is 0 Å². The van der Waals surface area contributed by atoms with Crippen molar-refractivity contribution in [3.8, 4) is 11.1 Å². The van der Waals surface area contributed by atoms with Crippen LogP contribution in [0.5, 0.6) is 0 Å². The van der Waals surface area contributed by atoms with Crippen molar-refractivity contribution in [2.75, 3.05) is 10.6 Å². The van der Waals surface area contributed by atoms with Crippen LogP contribution < -0.4 is 10.6 Å². The van der Waals surface area contributed by atoms with Gasteiger partial charge in [-0.15, -0.1) is 0 Å². The van der Waals surface area contributed by atoms with Crippen LogP contribution in [0.4, 0.5) is 11.4 Å². The summed E-state index contributed by atoms with van der Waals surface area (Å²) in [7, 11) is 0. The summed E-state index contributed by atoms with van der Waals surface area (Å²) >= 11 is 0. The number of nitrogen functional groups attached to an aromatic ring is 1. The van der Waals surface area contributed by atoms with E-state index in [0.717, 1.165) is 26.8 Å². The number of anilines is 2. The molecule has 0 unspecified atom stereocenters. The second-order valence-corrected chi connectivity index (χ2v) is 5.64. The van der Waals surface area contributed by atoms with Crippen LogP contribution in [0.1, 0.15) is 0 Å². The Labute approximate surface area is 138 Å². The van der Waals surface area contributed by atoms with Crippen molar-refractivity contribution in [2.24, 2.45) is 0 Å². The molecule has 3 aromatic rings. The van der Waals surface area contributed by atoms with Crippen LogP contribution in [0.15, 0.2) is 72.8 Å². The van der Waals surface area contributed by atoms with Gasteiger partial charge in [-0.1, -0.05) is 48.5 Å². The number of benzene rings is 3. The maximum atomic E-state index is 11.8. The minimum absolute atomic E-state index is 0.350. The molecule has 3 aromatic carbocycles. The molecule has 1 heterocycles. The Morgan fingerprint density at radius 1 is 0.750 bits per heavy atom. The summed E-state index contributed by atoms with van der Waals surface area (Å²) in [5.74, 6) is -0.699. The lowest BCUT2D eigenvalue weighted by atomic mass is 9.97. The van der Waals surface area contributed by atoms with E-state index in [1.54, 1.807) is 12.1 Å². The number of carbonyl (C=O) groups excluding carboxylic acids is 2. The summed E-state index contributed by atoms with van der Waals surface area (Å²) in [5.41, 5.74) is 9.14. The molecular formula is C20H14N2O2. The van der Waals surface area contributed by atoms with Gasteiger partial charge in [0.2, 0.25) is 0 Å². The highest BCUT2D eigenvalue weighted by Crippen LogP contribution is 2.35. The Bertz CT molecular complexity index is 998. The maximum Gasteiger partial charge on any atom is 0.258 e. The Balaban J connectivity index is 1.83. The quantitative estimate of drug-likeness (QED) is 0.581. The van der Waals surface area contributed by atoms with Gasteiger partial charge in [0.1, 0.15) is 0 Å². The van der Waals surface area contributed by atoms with Crippen molar-refractivity contribution >= 4 is 34.0 Å². The molecule has 0 saturated carbocycles. The Kier molecular flexibility index (Phi) is 3.17. The standard InChI is InChI=1S/C20H14N2O2/c21-18-12-14(22-19(23)10-11-20(22)24)8-9-17(18)16-7-3-5-13-4-1-2-6-15(13)16/h1-12H,21H2. The minimum Gasteiger partial charge on any atom is -0.398 e. The number of hydrogen-bond donors (Lipinski definition) is 1. The Hall–Kier alpha value is -3.40. The third kappa shape index (κ3) is 2.16. The molecule has 1 aliphatic rings. The average molecular weight is 314 g/mol. The van der Waals surface area contributed by atoms with Crippen LogP contribution in [-0.2, 0) is 9.59 Å². The molecule has 0 atom stereocenters. The van der Waals surface area contributed by atoms with E-state index in [1.807, 2.05) is 30.3 Å². The SMILES string of the molecule is Nc1cc(N2C(=O)C=CC2=O)ccc1-c1cccc2ccccc12. The first-order chi connectivity index (χ1) is 11.6. The molecule has 0 radical (unpaired) electrons. The molecule has 4 rings (SSSR count). The second kappa shape index (κ2) is 5.35. The van der Waals surface area contributed by atoms with E-state index in [0.29, 0.717) is 11.4 Å².